The van der Waals surface area contributed by atoms with Gasteiger partial charge < -0.3 is 30.5 Å². The van der Waals surface area contributed by atoms with Gasteiger partial charge in [-0.05, 0) is 66.7 Å². The number of nitrogens with zero attached hydrogens (tertiary/aromatic N) is 2. The minimum Gasteiger partial charge on any atom is -0.496 e. The van der Waals surface area contributed by atoms with Crippen molar-refractivity contribution in [2.24, 2.45) is 29.1 Å². The molecule has 4 N–H and O–H groups in total. The second kappa shape index (κ2) is 14.1. The molecule has 6 rings (SSSR count). The molecule has 2 aromatic carbocycles. The minimum absolute atomic E-state index is 0.0154. The van der Waals surface area contributed by atoms with E-state index in [9.17, 15) is 33.0 Å². The van der Waals surface area contributed by atoms with E-state index < -0.39 is 49.4 Å². The Balaban J connectivity index is 1.45. The number of amides is 2. The third kappa shape index (κ3) is 7.40. The number of rotatable bonds is 11. The molecule has 0 aromatic heterocycles. The summed E-state index contributed by atoms with van der Waals surface area (Å²) in [4.78, 5) is 34.8. The van der Waals surface area contributed by atoms with Crippen LogP contribution in [0.5, 0.6) is 5.75 Å². The lowest BCUT2D eigenvalue weighted by atomic mass is 9.45. The van der Waals surface area contributed by atoms with Gasteiger partial charge in [0.25, 0.3) is 5.91 Å². The van der Waals surface area contributed by atoms with Crippen LogP contribution in [0.25, 0.3) is 11.1 Å². The number of ether oxygens (including phenoxy) is 1. The third-order valence-electron chi connectivity index (χ3n) is 11.1. The lowest BCUT2D eigenvalue weighted by Crippen LogP contribution is -2.62. The van der Waals surface area contributed by atoms with E-state index in [0.717, 1.165) is 12.8 Å². The lowest BCUT2D eigenvalue weighted by molar-refractivity contribution is -0.183. The number of carbonyl (C=O) groups excluding carboxylic acids is 2. The van der Waals surface area contributed by atoms with Crippen LogP contribution in [0.15, 0.2) is 36.4 Å². The van der Waals surface area contributed by atoms with Gasteiger partial charge in [-0.1, -0.05) is 39.0 Å². The number of fused-ring (bicyclic) bond motifs is 2. The zero-order valence-electron chi connectivity index (χ0n) is 29.2. The molecule has 1 aliphatic heterocycles. The van der Waals surface area contributed by atoms with Gasteiger partial charge in [-0.3, -0.25) is 14.4 Å². The highest BCUT2D eigenvalue weighted by molar-refractivity contribution is 5.97. The van der Waals surface area contributed by atoms with Crippen molar-refractivity contribution in [2.75, 3.05) is 39.3 Å². The van der Waals surface area contributed by atoms with Crippen LogP contribution in [0.1, 0.15) is 56.5 Å². The number of aliphatic hydroxyl groups is 2. The second-order valence-electron chi connectivity index (χ2n) is 14.7. The fourth-order valence-electron chi connectivity index (χ4n) is 8.27. The van der Waals surface area contributed by atoms with Crippen LogP contribution in [-0.2, 0) is 16.2 Å². The van der Waals surface area contributed by atoms with E-state index in [2.05, 4.69) is 26.1 Å². The second-order valence-corrected chi connectivity index (χ2v) is 14.7. The Bertz CT molecular complexity index is 1530. The molecule has 1 saturated heterocycles. The van der Waals surface area contributed by atoms with E-state index >= 15 is 0 Å². The molecule has 0 unspecified atom stereocenters. The van der Waals surface area contributed by atoms with Gasteiger partial charge in [0.05, 0.1) is 26.4 Å². The molecule has 270 valence electrons. The summed E-state index contributed by atoms with van der Waals surface area (Å²) in [6.45, 7) is 6.56. The molecule has 4 aliphatic rings. The molecule has 0 radical (unpaired) electrons. The van der Waals surface area contributed by atoms with E-state index in [0.29, 0.717) is 40.0 Å². The summed E-state index contributed by atoms with van der Waals surface area (Å²) in [5.74, 6) is -0.120. The Labute approximate surface area is 285 Å². The first kappa shape index (κ1) is 36.9. The predicted molar refractivity (Wildman–Crippen MR) is 179 cm³/mol. The zero-order valence-corrected chi connectivity index (χ0v) is 29.2. The number of halogens is 3. The van der Waals surface area contributed by atoms with Gasteiger partial charge in [-0.15, -0.1) is 0 Å². The topological polar surface area (TPSA) is 124 Å². The average molecular weight is 691 g/mol. The Hall–Kier alpha value is -3.39. The summed E-state index contributed by atoms with van der Waals surface area (Å²) in [7, 11) is 5.00. The molecule has 4 fully saturated rings. The van der Waals surface area contributed by atoms with Crippen molar-refractivity contribution < 1.29 is 42.5 Å². The molecule has 2 amide bonds. The molecule has 2 aromatic rings. The lowest BCUT2D eigenvalue weighted by Gasteiger charge is -2.62. The van der Waals surface area contributed by atoms with Crippen molar-refractivity contribution in [3.05, 3.63) is 47.5 Å². The number of carbonyl (C=O) groups is 2. The van der Waals surface area contributed by atoms with Gasteiger partial charge in [-0.2, -0.15) is 18.2 Å². The van der Waals surface area contributed by atoms with E-state index in [1.54, 1.807) is 50.2 Å². The summed E-state index contributed by atoms with van der Waals surface area (Å²) in [6.07, 6.45) is -4.30. The summed E-state index contributed by atoms with van der Waals surface area (Å²) < 4.78 is 44.5. The van der Waals surface area contributed by atoms with Crippen molar-refractivity contribution in [1.29, 1.82) is 0 Å². The number of hydrogen-bond acceptors (Lipinski definition) is 8. The Morgan fingerprint density at radius 3 is 2.47 bits per heavy atom. The fraction of sp³-hybridized carbons (Fsp3) is 0.611. The molecule has 8 atom stereocenters. The van der Waals surface area contributed by atoms with Crippen molar-refractivity contribution in [3.8, 4) is 16.9 Å². The molecule has 2 bridgehead atoms. The first-order chi connectivity index (χ1) is 23.0. The fourth-order valence-corrected chi connectivity index (χ4v) is 8.27. The average Bonchev–Trinajstić information content (AvgIpc) is 3.42. The Morgan fingerprint density at radius 1 is 1.18 bits per heavy atom. The van der Waals surface area contributed by atoms with Crippen LogP contribution >= 0.6 is 0 Å². The van der Waals surface area contributed by atoms with Crippen LogP contribution in [-0.4, -0.2) is 91.9 Å². The number of anilines is 1. The van der Waals surface area contributed by atoms with Crippen LogP contribution < -0.4 is 20.3 Å². The van der Waals surface area contributed by atoms with Gasteiger partial charge in [0.15, 0.2) is 0 Å². The summed E-state index contributed by atoms with van der Waals surface area (Å²) >= 11 is 0. The van der Waals surface area contributed by atoms with Crippen molar-refractivity contribution in [1.82, 2.24) is 15.7 Å². The Morgan fingerprint density at radius 2 is 1.90 bits per heavy atom. The highest BCUT2D eigenvalue weighted by atomic mass is 19.4. The van der Waals surface area contributed by atoms with Crippen LogP contribution in [0.3, 0.4) is 0 Å². The normalized spacial score (nSPS) is 28.4. The van der Waals surface area contributed by atoms with E-state index in [4.69, 9.17) is 9.57 Å². The van der Waals surface area contributed by atoms with Crippen molar-refractivity contribution in [2.45, 2.75) is 77.5 Å². The summed E-state index contributed by atoms with van der Waals surface area (Å²) in [6, 6.07) is 9.24. The monoisotopic (exact) mass is 690 g/mol. The molecular formula is C36H49F3N4O6. The van der Waals surface area contributed by atoms with Gasteiger partial charge >= 0.3 is 6.18 Å². The number of methoxy groups -OCH3 is 1. The van der Waals surface area contributed by atoms with Gasteiger partial charge in [0, 0.05) is 48.4 Å². The number of para-hydroxylation sites is 1. The van der Waals surface area contributed by atoms with E-state index in [1.807, 2.05) is 5.32 Å². The maximum Gasteiger partial charge on any atom is 0.405 e. The number of hydroxylamine groups is 2. The maximum atomic E-state index is 14.1. The molecule has 10 nitrogen and oxygen atoms in total. The van der Waals surface area contributed by atoms with Gasteiger partial charge in [0.1, 0.15) is 24.4 Å². The van der Waals surface area contributed by atoms with Crippen LogP contribution in [0.4, 0.5) is 18.9 Å². The molecule has 13 heteroatoms. The van der Waals surface area contributed by atoms with Crippen LogP contribution in [0.2, 0.25) is 0 Å². The minimum atomic E-state index is -4.56. The number of aliphatic hydroxyl groups excluding tert-OH is 2. The number of benzene rings is 2. The molecule has 3 aliphatic carbocycles. The number of hydrogen-bond donors (Lipinski definition) is 4. The predicted octanol–water partition coefficient (Wildman–Crippen LogP) is 4.38. The molecule has 3 saturated carbocycles. The standard InChI is InChI=1S/C36H49F3N4O6/c1-19-27-14-24(35(27,3)4)15-28(19)41-34(47)31-30(20(2)45)29(17-44)49-43(31)16-21-9-8-10-26(32(21)48-7)22-11-23(13-25(12-22)42(5)6)33(46)40-18-36(37,38)39/h8-13,19-20,24,27-31,44-45H,14-18H2,1-7H3,(H,40,46)(H,41,47)/t19-,20-,24+,27+,28-,29-,30-,31-/m0/s1. The number of nitrogens with one attached hydrogen (secondary N) is 2. The van der Waals surface area contributed by atoms with E-state index in [1.165, 1.54) is 24.3 Å². The summed E-state index contributed by atoms with van der Waals surface area (Å²) in [5.41, 5.74) is 2.59. The van der Waals surface area contributed by atoms with Gasteiger partial charge in [-0.25, -0.2) is 0 Å². The van der Waals surface area contributed by atoms with E-state index in [-0.39, 0.29) is 35.4 Å². The summed E-state index contributed by atoms with van der Waals surface area (Å²) in [5, 5.41) is 27.8. The van der Waals surface area contributed by atoms with Crippen molar-refractivity contribution in [3.63, 3.8) is 0 Å². The van der Waals surface area contributed by atoms with Gasteiger partial charge in [0.2, 0.25) is 5.91 Å². The first-order valence-electron chi connectivity index (χ1n) is 16.8. The van der Waals surface area contributed by atoms with Crippen molar-refractivity contribution >= 4 is 17.5 Å². The number of alkyl halides is 3. The quantitative estimate of drug-likeness (QED) is 0.274. The molecular weight excluding hydrogens is 641 g/mol. The Kier molecular flexibility index (Phi) is 10.6. The molecule has 0 spiro atoms. The molecule has 1 heterocycles. The largest absolute Gasteiger partial charge is 0.496 e. The highest BCUT2D eigenvalue weighted by Crippen LogP contribution is 2.61. The molecule has 49 heavy (non-hydrogen) atoms. The van der Waals surface area contributed by atoms with Crippen LogP contribution in [0, 0.1) is 29.1 Å². The maximum absolute atomic E-state index is 14.1. The SMILES string of the molecule is COc1c(CN2O[C@@H](CO)[C@H]([C@H](C)O)[C@H]2C(=O)N[C@H]2C[C@H]3C[C@H]([C@@H]2C)C3(C)C)cccc1-c1cc(C(=O)NCC(F)(F)F)cc(N(C)C)c1. The third-order valence-corrected chi connectivity index (χ3v) is 11.1. The highest BCUT2D eigenvalue weighted by Gasteiger charge is 2.57. The smallest absolute Gasteiger partial charge is 0.405 e. The zero-order chi connectivity index (χ0) is 36.0. The first-order valence-corrected chi connectivity index (χ1v) is 16.8.